The van der Waals surface area contributed by atoms with Gasteiger partial charge < -0.3 is 9.84 Å². The van der Waals surface area contributed by atoms with Gasteiger partial charge in [-0.05, 0) is 11.1 Å². The van der Waals surface area contributed by atoms with E-state index in [-0.39, 0.29) is 23.6 Å². The maximum atomic E-state index is 12.3. The second-order valence-electron chi connectivity index (χ2n) is 4.48. The van der Waals surface area contributed by atoms with E-state index in [1.165, 1.54) is 6.92 Å². The number of rotatable bonds is 5. The smallest absolute Gasteiger partial charge is 0.352 e. The topological polar surface area (TPSA) is 181 Å². The highest BCUT2D eigenvalue weighted by Gasteiger charge is 2.64. The lowest BCUT2D eigenvalue weighted by Gasteiger charge is -2.52. The van der Waals surface area contributed by atoms with Crippen LogP contribution in [-0.4, -0.2) is 51.2 Å². The first-order valence-electron chi connectivity index (χ1n) is 6.05. The van der Waals surface area contributed by atoms with Crippen LogP contribution in [0.5, 0.6) is 0 Å². The lowest BCUT2D eigenvalue weighted by atomic mass is 9.97. The van der Waals surface area contributed by atoms with Crippen LogP contribution < -0.4 is 0 Å². The summed E-state index contributed by atoms with van der Waals surface area (Å²) in [6, 6.07) is 0. The molecule has 0 saturated carbocycles. The van der Waals surface area contributed by atoms with Crippen molar-refractivity contribution in [1.29, 1.82) is 0 Å². The minimum absolute atomic E-state index is 0.104. The molecule has 23 heavy (non-hydrogen) atoms. The number of carboxylic acid groups (broad SMARTS) is 1. The van der Waals surface area contributed by atoms with Crippen molar-refractivity contribution >= 4 is 29.6 Å². The molecule has 1 fully saturated rings. The Hall–Kier alpha value is -2.88. The maximum absolute atomic E-state index is 12.3. The van der Waals surface area contributed by atoms with Crippen molar-refractivity contribution in [2.75, 3.05) is 12.4 Å². The minimum atomic E-state index is -2.03. The van der Waals surface area contributed by atoms with Gasteiger partial charge in [0.2, 0.25) is 11.6 Å². The Labute approximate surface area is 132 Å². The number of hydrogen-bond acceptors (Lipinski definition) is 7. The number of amides is 1. The van der Waals surface area contributed by atoms with Crippen LogP contribution in [0.25, 0.3) is 20.9 Å². The highest BCUT2D eigenvalue weighted by atomic mass is 32.2. The molecule has 2 aliphatic rings. The minimum Gasteiger partial charge on any atom is -0.477 e. The highest BCUT2D eigenvalue weighted by Crippen LogP contribution is 2.49. The molecule has 0 bridgehead atoms. The van der Waals surface area contributed by atoms with Crippen LogP contribution in [0.3, 0.4) is 0 Å². The van der Waals surface area contributed by atoms with Crippen molar-refractivity contribution in [2.45, 2.75) is 18.0 Å². The molecule has 2 heterocycles. The highest BCUT2D eigenvalue weighted by molar-refractivity contribution is 8.00. The number of nitrogens with zero attached hydrogens (tertiary/aromatic N) is 7. The summed E-state index contributed by atoms with van der Waals surface area (Å²) in [5.41, 5.74) is 15.0. The van der Waals surface area contributed by atoms with E-state index in [0.29, 0.717) is 0 Å². The van der Waals surface area contributed by atoms with Gasteiger partial charge in [0, 0.05) is 28.1 Å². The standard InChI is InChI=1S/C10H9N7O5S/c1-4(18)22-2-5-3-23-9-10(13-15-11,14-16-12)8(21)17(9)6(5)7(19)20/h9H,2-3H2,1H3,(H,19,20)/t9-/m1/s1. The third-order valence-electron chi connectivity index (χ3n) is 3.15. The Kier molecular flexibility index (Phi) is 4.36. The first-order chi connectivity index (χ1) is 10.9. The van der Waals surface area contributed by atoms with Gasteiger partial charge in [-0.3, -0.25) is 14.5 Å². The van der Waals surface area contributed by atoms with E-state index in [4.69, 9.17) is 15.8 Å². The monoisotopic (exact) mass is 339 g/mol. The molecule has 0 aliphatic carbocycles. The Morgan fingerprint density at radius 3 is 2.57 bits per heavy atom. The molecule has 120 valence electrons. The summed E-state index contributed by atoms with van der Waals surface area (Å²) < 4.78 is 4.78. The van der Waals surface area contributed by atoms with Crippen LogP contribution >= 0.6 is 11.8 Å². The van der Waals surface area contributed by atoms with Crippen LogP contribution in [0.2, 0.25) is 0 Å². The predicted molar refractivity (Wildman–Crippen MR) is 75.4 cm³/mol. The van der Waals surface area contributed by atoms with Crippen molar-refractivity contribution in [3.8, 4) is 0 Å². The summed E-state index contributed by atoms with van der Waals surface area (Å²) in [5, 5.41) is 14.9. The number of esters is 1. The normalized spacial score (nSPS) is 25.5. The number of fused-ring (bicyclic) bond motifs is 1. The molecule has 1 N–H and O–H groups in total. The van der Waals surface area contributed by atoms with E-state index >= 15 is 0 Å². The number of β-lactam (4-membered cyclic amide) rings is 1. The molecule has 1 amide bonds. The van der Waals surface area contributed by atoms with Crippen LogP contribution in [0.1, 0.15) is 6.92 Å². The van der Waals surface area contributed by atoms with Crippen molar-refractivity contribution in [3.05, 3.63) is 32.2 Å². The average molecular weight is 339 g/mol. The molecule has 0 unspecified atom stereocenters. The molecule has 13 heteroatoms. The molecule has 2 rings (SSSR count). The quantitative estimate of drug-likeness (QED) is 0.257. The first-order valence-corrected chi connectivity index (χ1v) is 7.10. The molecule has 1 saturated heterocycles. The van der Waals surface area contributed by atoms with Crippen LogP contribution in [0, 0.1) is 0 Å². The number of carboxylic acids is 1. The van der Waals surface area contributed by atoms with Crippen LogP contribution in [0.15, 0.2) is 21.5 Å². The largest absolute Gasteiger partial charge is 0.477 e. The SMILES string of the molecule is CC(=O)OCC1=C(C(=O)O)N2C(=O)C(N=[N+]=[N-])(N=[N+]=[N-])[C@H]2SC1. The van der Waals surface area contributed by atoms with Gasteiger partial charge in [-0.1, -0.05) is 10.2 Å². The molecular formula is C10H9N7O5S. The van der Waals surface area contributed by atoms with Crippen molar-refractivity contribution < 1.29 is 24.2 Å². The number of azide groups is 1. The third-order valence-corrected chi connectivity index (χ3v) is 4.52. The molecule has 2 aliphatic heterocycles. The lowest BCUT2D eigenvalue weighted by molar-refractivity contribution is -0.154. The van der Waals surface area contributed by atoms with Gasteiger partial charge >= 0.3 is 11.9 Å². The second kappa shape index (κ2) is 6.08. The predicted octanol–water partition coefficient (Wildman–Crippen LogP) is 1.12. The summed E-state index contributed by atoms with van der Waals surface area (Å²) in [4.78, 5) is 40.5. The van der Waals surface area contributed by atoms with E-state index in [1.54, 1.807) is 0 Å². The zero-order chi connectivity index (χ0) is 17.2. The van der Waals surface area contributed by atoms with Gasteiger partial charge in [0.1, 0.15) is 17.7 Å². The van der Waals surface area contributed by atoms with Gasteiger partial charge in [-0.15, -0.1) is 11.8 Å². The van der Waals surface area contributed by atoms with E-state index in [2.05, 4.69) is 20.1 Å². The molecule has 12 nitrogen and oxygen atoms in total. The fraction of sp³-hybridized carbons (Fsp3) is 0.500. The molecular weight excluding hydrogens is 330 g/mol. The summed E-state index contributed by atoms with van der Waals surface area (Å²) >= 11 is 1.05. The van der Waals surface area contributed by atoms with Crippen LogP contribution in [0.4, 0.5) is 0 Å². The lowest BCUT2D eigenvalue weighted by Crippen LogP contribution is -2.71. The van der Waals surface area contributed by atoms with Gasteiger partial charge in [0.25, 0.3) is 0 Å². The Bertz CT molecular complexity index is 703. The maximum Gasteiger partial charge on any atom is 0.352 e. The van der Waals surface area contributed by atoms with E-state index in [1.807, 2.05) is 0 Å². The number of carbonyl (C=O) groups excluding carboxylic acids is 2. The summed E-state index contributed by atoms with van der Waals surface area (Å²) in [7, 11) is 0. The molecule has 0 aromatic carbocycles. The van der Waals surface area contributed by atoms with Crippen molar-refractivity contribution in [2.24, 2.45) is 10.2 Å². The Morgan fingerprint density at radius 2 is 2.09 bits per heavy atom. The van der Waals surface area contributed by atoms with Gasteiger partial charge in [-0.2, -0.15) is 0 Å². The number of hydrogen-bond donors (Lipinski definition) is 1. The number of thioether (sulfide) groups is 1. The molecule has 0 aromatic heterocycles. The number of ether oxygens (including phenoxy) is 1. The summed E-state index contributed by atoms with van der Waals surface area (Å²) in [6.07, 6.45) is 0. The number of aliphatic carboxylic acids is 1. The Balaban J connectivity index is 2.44. The van der Waals surface area contributed by atoms with Crippen LogP contribution in [-0.2, 0) is 19.1 Å². The zero-order valence-electron chi connectivity index (χ0n) is 11.6. The fourth-order valence-corrected chi connectivity index (χ4v) is 3.58. The molecule has 0 radical (unpaired) electrons. The van der Waals surface area contributed by atoms with E-state index < -0.39 is 28.9 Å². The van der Waals surface area contributed by atoms with Crippen molar-refractivity contribution in [1.82, 2.24) is 4.90 Å². The molecule has 1 atom stereocenters. The third kappa shape index (κ3) is 2.52. The summed E-state index contributed by atoms with van der Waals surface area (Å²) in [5.74, 6) is -2.83. The average Bonchev–Trinajstić information content (AvgIpc) is 2.50. The first kappa shape index (κ1) is 16.5. The van der Waals surface area contributed by atoms with Crippen molar-refractivity contribution in [3.63, 3.8) is 0 Å². The number of carbonyl (C=O) groups is 3. The van der Waals surface area contributed by atoms with E-state index in [9.17, 15) is 19.5 Å². The molecule has 0 spiro atoms. The van der Waals surface area contributed by atoms with Gasteiger partial charge in [-0.25, -0.2) is 4.79 Å². The molecule has 0 aromatic rings. The zero-order valence-corrected chi connectivity index (χ0v) is 12.4. The summed E-state index contributed by atoms with van der Waals surface area (Å²) in [6.45, 7) is 0.888. The second-order valence-corrected chi connectivity index (χ2v) is 5.55. The Morgan fingerprint density at radius 1 is 1.48 bits per heavy atom. The fourth-order valence-electron chi connectivity index (χ4n) is 2.22. The van der Waals surface area contributed by atoms with E-state index in [0.717, 1.165) is 16.7 Å². The van der Waals surface area contributed by atoms with Gasteiger partial charge in [0.15, 0.2) is 0 Å². The van der Waals surface area contributed by atoms with Gasteiger partial charge in [0.05, 0.1) is 0 Å².